The van der Waals surface area contributed by atoms with Crippen molar-refractivity contribution in [2.24, 2.45) is 5.73 Å². The zero-order valence-corrected chi connectivity index (χ0v) is 28.3. The maximum absolute atomic E-state index is 12.6. The molecule has 0 aliphatic heterocycles. The van der Waals surface area contributed by atoms with E-state index in [-0.39, 0.29) is 25.7 Å². The van der Waals surface area contributed by atoms with Crippen molar-refractivity contribution in [1.82, 2.24) is 5.32 Å². The minimum Gasteiger partial charge on any atom is -0.387 e. The number of aliphatic hydroxyl groups is 1. The van der Waals surface area contributed by atoms with Gasteiger partial charge in [0.15, 0.2) is 0 Å². The predicted molar refractivity (Wildman–Crippen MR) is 180 cm³/mol. The molecule has 5 N–H and O–H groups in total. The van der Waals surface area contributed by atoms with E-state index < -0.39 is 20.0 Å². The minimum atomic E-state index is -4.33. The third kappa shape index (κ3) is 29.2. The summed E-state index contributed by atoms with van der Waals surface area (Å²) >= 11 is 0. The van der Waals surface area contributed by atoms with Crippen molar-refractivity contribution in [2.45, 2.75) is 154 Å². The average Bonchev–Trinajstić information content (AvgIpc) is 2.99. The summed E-state index contributed by atoms with van der Waals surface area (Å²) in [5, 5.41) is 13.5. The lowest BCUT2D eigenvalue weighted by Crippen LogP contribution is -2.45. The molecule has 8 nitrogen and oxygen atoms in total. The van der Waals surface area contributed by atoms with Gasteiger partial charge in [-0.05, 0) is 38.5 Å². The Kier molecular flexibility index (Phi) is 29.8. The summed E-state index contributed by atoms with van der Waals surface area (Å²) in [6.45, 7) is 4.00. The van der Waals surface area contributed by atoms with Crippen LogP contribution in [0.2, 0.25) is 0 Å². The molecule has 1 amide bonds. The molecule has 3 atom stereocenters. The van der Waals surface area contributed by atoms with E-state index in [1.165, 1.54) is 70.6 Å². The molecule has 3 unspecified atom stereocenters. The number of amides is 1. The molecule has 0 spiro atoms. The van der Waals surface area contributed by atoms with Crippen LogP contribution in [0.15, 0.2) is 36.5 Å². The third-order valence-electron chi connectivity index (χ3n) is 7.18. The van der Waals surface area contributed by atoms with Crippen LogP contribution in [0, 0.1) is 0 Å². The van der Waals surface area contributed by atoms with E-state index in [1.54, 1.807) is 6.08 Å². The summed E-state index contributed by atoms with van der Waals surface area (Å²) in [7, 11) is -4.33. The lowest BCUT2D eigenvalue weighted by atomic mass is 10.0. The predicted octanol–water partition coefficient (Wildman–Crippen LogP) is 8.43. The number of nitrogens with one attached hydrogen (secondary N) is 1. The minimum absolute atomic E-state index is 0.0720. The van der Waals surface area contributed by atoms with Gasteiger partial charge >= 0.3 is 7.82 Å². The Labute approximate surface area is 263 Å². The van der Waals surface area contributed by atoms with Gasteiger partial charge in [-0.25, -0.2) is 4.57 Å². The van der Waals surface area contributed by atoms with Crippen LogP contribution in [0.4, 0.5) is 0 Å². The zero-order chi connectivity index (χ0) is 31.9. The highest BCUT2D eigenvalue weighted by Gasteiger charge is 2.26. The van der Waals surface area contributed by atoms with Gasteiger partial charge in [0.25, 0.3) is 0 Å². The van der Waals surface area contributed by atoms with E-state index in [4.69, 9.17) is 14.8 Å². The van der Waals surface area contributed by atoms with Crippen LogP contribution in [-0.4, -0.2) is 47.8 Å². The van der Waals surface area contributed by atoms with Gasteiger partial charge in [-0.15, -0.1) is 0 Å². The molecule has 252 valence electrons. The average molecular weight is 629 g/mol. The molecular weight excluding hydrogens is 563 g/mol. The summed E-state index contributed by atoms with van der Waals surface area (Å²) < 4.78 is 21.9. The van der Waals surface area contributed by atoms with E-state index in [1.807, 2.05) is 6.08 Å². The van der Waals surface area contributed by atoms with Gasteiger partial charge in [0.1, 0.15) is 0 Å². The van der Waals surface area contributed by atoms with Crippen LogP contribution in [0.5, 0.6) is 0 Å². The van der Waals surface area contributed by atoms with E-state index in [2.05, 4.69) is 43.5 Å². The van der Waals surface area contributed by atoms with Crippen molar-refractivity contribution in [3.63, 3.8) is 0 Å². The number of rotatable bonds is 31. The molecule has 9 heteroatoms. The Bertz CT molecular complexity index is 774. The molecular formula is C34H65N2O6P. The number of unbranched alkanes of at least 4 members (excludes halogenated alkanes) is 15. The van der Waals surface area contributed by atoms with Gasteiger partial charge in [0, 0.05) is 13.0 Å². The molecule has 0 aromatic rings. The zero-order valence-electron chi connectivity index (χ0n) is 27.4. The van der Waals surface area contributed by atoms with E-state index >= 15 is 0 Å². The molecule has 0 aliphatic carbocycles. The van der Waals surface area contributed by atoms with Crippen LogP contribution >= 0.6 is 7.82 Å². The molecule has 0 rings (SSSR count). The fraction of sp³-hybridized carbons (Fsp3) is 0.794. The number of nitrogens with two attached hydrogens (primary N) is 1. The molecule has 0 bridgehead atoms. The number of carbonyl (C=O) groups excluding carboxylic acids is 1. The molecule has 0 radical (unpaired) electrons. The van der Waals surface area contributed by atoms with Gasteiger partial charge in [0.05, 0.1) is 25.4 Å². The summed E-state index contributed by atoms with van der Waals surface area (Å²) in [6, 6.07) is -0.877. The second-order valence-corrected chi connectivity index (χ2v) is 12.8. The molecule has 0 saturated heterocycles. The number of hydrogen-bond donors (Lipinski definition) is 4. The molecule has 0 heterocycles. The summed E-state index contributed by atoms with van der Waals surface area (Å²) in [5.74, 6) is -0.212. The first-order valence-electron chi connectivity index (χ1n) is 17.1. The van der Waals surface area contributed by atoms with Crippen molar-refractivity contribution in [1.29, 1.82) is 0 Å². The topological polar surface area (TPSA) is 131 Å². The highest BCUT2D eigenvalue weighted by molar-refractivity contribution is 7.47. The smallest absolute Gasteiger partial charge is 0.387 e. The van der Waals surface area contributed by atoms with Crippen molar-refractivity contribution in [3.8, 4) is 0 Å². The molecule has 43 heavy (non-hydrogen) atoms. The first-order chi connectivity index (χ1) is 20.9. The lowest BCUT2D eigenvalue weighted by Gasteiger charge is -2.23. The Morgan fingerprint density at radius 1 is 0.744 bits per heavy atom. The lowest BCUT2D eigenvalue weighted by molar-refractivity contribution is -0.123. The monoisotopic (exact) mass is 628 g/mol. The second kappa shape index (κ2) is 30.7. The molecule has 0 aliphatic rings. The number of carbonyl (C=O) groups is 1. The van der Waals surface area contributed by atoms with E-state index in [0.29, 0.717) is 6.42 Å². The first kappa shape index (κ1) is 41.7. The quantitative estimate of drug-likeness (QED) is 0.0344. The number of hydrogen-bond acceptors (Lipinski definition) is 6. The van der Waals surface area contributed by atoms with Gasteiger partial charge in [-0.2, -0.15) is 0 Å². The Morgan fingerprint density at radius 3 is 1.74 bits per heavy atom. The number of phosphoric ester groups is 1. The first-order valence-corrected chi connectivity index (χ1v) is 18.6. The Morgan fingerprint density at radius 2 is 1.23 bits per heavy atom. The fourth-order valence-corrected chi connectivity index (χ4v) is 5.34. The van der Waals surface area contributed by atoms with Crippen LogP contribution in [0.1, 0.15) is 142 Å². The van der Waals surface area contributed by atoms with Crippen molar-refractivity contribution >= 4 is 13.7 Å². The Hall–Kier alpha value is -1.28. The van der Waals surface area contributed by atoms with Crippen molar-refractivity contribution in [2.75, 3.05) is 19.8 Å². The summed E-state index contributed by atoms with van der Waals surface area (Å²) in [5.41, 5.74) is 5.33. The standard InChI is InChI=1S/C34H65N2O6P/c1-3-5-7-9-11-13-15-16-18-20-22-24-26-28-34(38)36-32(31-42-43(39,40)41-30-29-35)33(37)27-25-23-21-19-17-14-12-10-8-6-4-2/h8,10,17,19,25,27,32-33,37H,3-7,9,11-16,18,20-24,26,28-31,35H2,1-2H3,(H,36,38)(H,39,40)/b10-8+,19-17+,27-25+. The molecule has 0 fully saturated rings. The third-order valence-corrected chi connectivity index (χ3v) is 8.16. The second-order valence-electron chi connectivity index (χ2n) is 11.4. The van der Waals surface area contributed by atoms with Crippen LogP contribution in [-0.2, 0) is 18.4 Å². The summed E-state index contributed by atoms with van der Waals surface area (Å²) in [4.78, 5) is 22.5. The van der Waals surface area contributed by atoms with Gasteiger partial charge in [-0.1, -0.05) is 134 Å². The molecule has 0 saturated carbocycles. The highest BCUT2D eigenvalue weighted by atomic mass is 31.2. The van der Waals surface area contributed by atoms with Crippen molar-refractivity contribution < 1.29 is 28.4 Å². The van der Waals surface area contributed by atoms with E-state index in [9.17, 15) is 19.4 Å². The maximum atomic E-state index is 12.6. The van der Waals surface area contributed by atoms with Crippen molar-refractivity contribution in [3.05, 3.63) is 36.5 Å². The fourth-order valence-electron chi connectivity index (χ4n) is 4.58. The highest BCUT2D eigenvalue weighted by Crippen LogP contribution is 2.43. The van der Waals surface area contributed by atoms with Crippen LogP contribution in [0.3, 0.4) is 0 Å². The molecule has 0 aromatic carbocycles. The van der Waals surface area contributed by atoms with Gasteiger partial charge < -0.3 is 21.1 Å². The van der Waals surface area contributed by atoms with Gasteiger partial charge in [0.2, 0.25) is 5.91 Å². The number of phosphoric acid groups is 1. The Balaban J connectivity index is 4.43. The van der Waals surface area contributed by atoms with E-state index in [0.717, 1.165) is 51.4 Å². The normalized spacial score (nSPS) is 15.0. The van der Waals surface area contributed by atoms with Gasteiger partial charge in [-0.3, -0.25) is 13.8 Å². The van der Waals surface area contributed by atoms with Crippen LogP contribution in [0.25, 0.3) is 0 Å². The van der Waals surface area contributed by atoms with Crippen LogP contribution < -0.4 is 11.1 Å². The largest absolute Gasteiger partial charge is 0.472 e. The number of allylic oxidation sites excluding steroid dienone is 5. The molecule has 0 aromatic heterocycles. The maximum Gasteiger partial charge on any atom is 0.472 e. The SMILES string of the molecule is CCC/C=C/CC/C=C/CC/C=C/C(O)C(COP(=O)(O)OCCN)NC(=O)CCCCCCCCCCCCCCC. The number of aliphatic hydroxyl groups excluding tert-OH is 1. The summed E-state index contributed by atoms with van der Waals surface area (Å²) in [6.07, 6.45) is 33.3.